The number of benzene rings is 2. The molecule has 0 heterocycles. The summed E-state index contributed by atoms with van der Waals surface area (Å²) in [5.74, 6) is 1.13. The zero-order chi connectivity index (χ0) is 14.5. The first-order chi connectivity index (χ1) is 9.63. The second-order valence-corrected chi connectivity index (χ2v) is 4.50. The molecule has 0 bridgehead atoms. The molecule has 0 aliphatic carbocycles. The number of nitrogens with one attached hydrogen (secondary N) is 1. The summed E-state index contributed by atoms with van der Waals surface area (Å²) >= 11 is 0. The fraction of sp³-hybridized carbons (Fsp3) is 0.250. The zero-order valence-corrected chi connectivity index (χ0v) is 11.9. The molecule has 0 saturated heterocycles. The normalized spacial score (nSPS) is 10.2. The van der Waals surface area contributed by atoms with E-state index in [2.05, 4.69) is 5.32 Å². The number of halogens is 1. The van der Waals surface area contributed by atoms with Gasteiger partial charge in [0.15, 0.2) is 11.5 Å². The average Bonchev–Trinajstić information content (AvgIpc) is 2.47. The van der Waals surface area contributed by atoms with Gasteiger partial charge >= 0.3 is 0 Å². The maximum Gasteiger partial charge on any atom is 0.161 e. The topological polar surface area (TPSA) is 30.5 Å². The van der Waals surface area contributed by atoms with Gasteiger partial charge in [0.25, 0.3) is 0 Å². The molecule has 0 fully saturated rings. The Kier molecular flexibility index (Phi) is 4.45. The van der Waals surface area contributed by atoms with Crippen molar-refractivity contribution in [3.8, 4) is 11.5 Å². The molecule has 2 rings (SSSR count). The largest absolute Gasteiger partial charge is 0.493 e. The third-order valence-electron chi connectivity index (χ3n) is 3.13. The predicted molar refractivity (Wildman–Crippen MR) is 78.0 cm³/mol. The summed E-state index contributed by atoms with van der Waals surface area (Å²) in [5.41, 5.74) is 2.83. The van der Waals surface area contributed by atoms with Crippen molar-refractivity contribution in [1.29, 1.82) is 0 Å². The quantitative estimate of drug-likeness (QED) is 0.901. The van der Waals surface area contributed by atoms with Gasteiger partial charge < -0.3 is 14.8 Å². The van der Waals surface area contributed by atoms with Crippen LogP contribution in [0.2, 0.25) is 0 Å². The van der Waals surface area contributed by atoms with Gasteiger partial charge in [-0.3, -0.25) is 0 Å². The molecule has 0 radical (unpaired) electrons. The number of anilines is 1. The molecule has 1 N–H and O–H groups in total. The van der Waals surface area contributed by atoms with E-state index in [1.807, 2.05) is 25.1 Å². The van der Waals surface area contributed by atoms with Crippen molar-refractivity contribution < 1.29 is 13.9 Å². The number of hydrogen-bond acceptors (Lipinski definition) is 3. The molecule has 0 aliphatic rings. The van der Waals surface area contributed by atoms with Crippen LogP contribution in [-0.2, 0) is 6.54 Å². The van der Waals surface area contributed by atoms with E-state index in [4.69, 9.17) is 9.47 Å². The molecule has 0 saturated carbocycles. The maximum absolute atomic E-state index is 13.2. The van der Waals surface area contributed by atoms with Gasteiger partial charge in [0.2, 0.25) is 0 Å². The second-order valence-electron chi connectivity index (χ2n) is 4.50. The van der Waals surface area contributed by atoms with Gasteiger partial charge in [-0.2, -0.15) is 0 Å². The van der Waals surface area contributed by atoms with Crippen molar-refractivity contribution in [1.82, 2.24) is 0 Å². The van der Waals surface area contributed by atoms with Crippen LogP contribution < -0.4 is 14.8 Å². The van der Waals surface area contributed by atoms with E-state index >= 15 is 0 Å². The third-order valence-corrected chi connectivity index (χ3v) is 3.13. The van der Waals surface area contributed by atoms with Gasteiger partial charge in [-0.15, -0.1) is 0 Å². The van der Waals surface area contributed by atoms with E-state index in [0.717, 1.165) is 16.8 Å². The van der Waals surface area contributed by atoms with Crippen molar-refractivity contribution in [3.63, 3.8) is 0 Å². The molecule has 2 aromatic rings. The molecule has 0 amide bonds. The van der Waals surface area contributed by atoms with E-state index in [-0.39, 0.29) is 5.82 Å². The standard InChI is InChI=1S/C16H18FNO2/c1-11-4-6-13(17)9-14(11)18-10-12-5-7-15(19-2)16(8-12)20-3/h4-9,18H,10H2,1-3H3. The van der Waals surface area contributed by atoms with Crippen LogP contribution in [0.5, 0.6) is 11.5 Å². The molecular weight excluding hydrogens is 257 g/mol. The monoisotopic (exact) mass is 275 g/mol. The molecule has 0 atom stereocenters. The Labute approximate surface area is 118 Å². The smallest absolute Gasteiger partial charge is 0.161 e. The number of hydrogen-bond donors (Lipinski definition) is 1. The van der Waals surface area contributed by atoms with Gasteiger partial charge in [-0.1, -0.05) is 12.1 Å². The van der Waals surface area contributed by atoms with Gasteiger partial charge in [-0.25, -0.2) is 4.39 Å². The number of rotatable bonds is 5. The van der Waals surface area contributed by atoms with Crippen LogP contribution in [0.4, 0.5) is 10.1 Å². The summed E-state index contributed by atoms with van der Waals surface area (Å²) in [6.07, 6.45) is 0. The van der Waals surface area contributed by atoms with Gasteiger partial charge in [0, 0.05) is 12.2 Å². The lowest BCUT2D eigenvalue weighted by molar-refractivity contribution is 0.354. The van der Waals surface area contributed by atoms with Crippen LogP contribution in [0, 0.1) is 12.7 Å². The second kappa shape index (κ2) is 6.28. The van der Waals surface area contributed by atoms with Crippen molar-refractivity contribution >= 4 is 5.69 Å². The SMILES string of the molecule is COc1ccc(CNc2cc(F)ccc2C)cc1OC. The molecule has 20 heavy (non-hydrogen) atoms. The van der Waals surface area contributed by atoms with E-state index < -0.39 is 0 Å². The van der Waals surface area contributed by atoms with Crippen molar-refractivity contribution in [2.45, 2.75) is 13.5 Å². The number of ether oxygens (including phenoxy) is 2. The molecule has 106 valence electrons. The summed E-state index contributed by atoms with van der Waals surface area (Å²) in [6.45, 7) is 2.53. The number of aryl methyl sites for hydroxylation is 1. The van der Waals surface area contributed by atoms with Crippen molar-refractivity contribution in [3.05, 3.63) is 53.3 Å². The maximum atomic E-state index is 13.2. The highest BCUT2D eigenvalue weighted by atomic mass is 19.1. The zero-order valence-electron chi connectivity index (χ0n) is 11.9. The summed E-state index contributed by atoms with van der Waals surface area (Å²) in [5, 5.41) is 3.22. The Balaban J connectivity index is 2.12. The minimum Gasteiger partial charge on any atom is -0.493 e. The van der Waals surface area contributed by atoms with Crippen LogP contribution in [0.15, 0.2) is 36.4 Å². The first-order valence-electron chi connectivity index (χ1n) is 6.35. The van der Waals surface area contributed by atoms with Crippen LogP contribution in [0.1, 0.15) is 11.1 Å². The van der Waals surface area contributed by atoms with E-state index in [1.165, 1.54) is 12.1 Å². The van der Waals surface area contributed by atoms with Crippen molar-refractivity contribution in [2.24, 2.45) is 0 Å². The van der Waals surface area contributed by atoms with E-state index in [0.29, 0.717) is 18.0 Å². The van der Waals surface area contributed by atoms with Crippen LogP contribution >= 0.6 is 0 Å². The summed E-state index contributed by atoms with van der Waals surface area (Å²) < 4.78 is 23.7. The average molecular weight is 275 g/mol. The summed E-state index contributed by atoms with van der Waals surface area (Å²) in [4.78, 5) is 0. The molecule has 3 nitrogen and oxygen atoms in total. The minimum absolute atomic E-state index is 0.245. The van der Waals surface area contributed by atoms with Gasteiger partial charge in [-0.05, 0) is 42.3 Å². The van der Waals surface area contributed by atoms with Crippen LogP contribution in [0.25, 0.3) is 0 Å². The Morgan fingerprint density at radius 2 is 1.75 bits per heavy atom. The highest BCUT2D eigenvalue weighted by Crippen LogP contribution is 2.28. The molecule has 0 unspecified atom stereocenters. The van der Waals surface area contributed by atoms with Crippen molar-refractivity contribution in [2.75, 3.05) is 19.5 Å². The fourth-order valence-electron chi connectivity index (χ4n) is 1.97. The molecule has 0 aromatic heterocycles. The summed E-state index contributed by atoms with van der Waals surface area (Å²) in [7, 11) is 3.21. The number of methoxy groups -OCH3 is 2. The molecule has 0 spiro atoms. The Bertz CT molecular complexity index is 599. The van der Waals surface area contributed by atoms with Crippen LogP contribution in [-0.4, -0.2) is 14.2 Å². The lowest BCUT2D eigenvalue weighted by Crippen LogP contribution is -2.02. The lowest BCUT2D eigenvalue weighted by atomic mass is 10.1. The van der Waals surface area contributed by atoms with E-state index in [9.17, 15) is 4.39 Å². The lowest BCUT2D eigenvalue weighted by Gasteiger charge is -2.12. The summed E-state index contributed by atoms with van der Waals surface area (Å²) in [6, 6.07) is 10.4. The minimum atomic E-state index is -0.245. The predicted octanol–water partition coefficient (Wildman–Crippen LogP) is 3.76. The fourth-order valence-corrected chi connectivity index (χ4v) is 1.97. The molecule has 4 heteroatoms. The Morgan fingerprint density at radius 1 is 1.00 bits per heavy atom. The van der Waals surface area contributed by atoms with Gasteiger partial charge in [0.05, 0.1) is 14.2 Å². The van der Waals surface area contributed by atoms with E-state index in [1.54, 1.807) is 20.3 Å². The first kappa shape index (κ1) is 14.2. The van der Waals surface area contributed by atoms with Gasteiger partial charge in [0.1, 0.15) is 5.82 Å². The highest BCUT2D eigenvalue weighted by molar-refractivity contribution is 5.51. The van der Waals surface area contributed by atoms with Crippen LogP contribution in [0.3, 0.4) is 0 Å². The molecule has 0 aliphatic heterocycles. The first-order valence-corrected chi connectivity index (χ1v) is 6.35. The highest BCUT2D eigenvalue weighted by Gasteiger charge is 2.05. The third kappa shape index (κ3) is 3.20. The molecule has 2 aromatic carbocycles. The Hall–Kier alpha value is -2.23. The molecular formula is C16H18FNO2. The Morgan fingerprint density at radius 3 is 2.45 bits per heavy atom.